The van der Waals surface area contributed by atoms with Gasteiger partial charge in [-0.1, -0.05) is 0 Å². The van der Waals surface area contributed by atoms with E-state index < -0.39 is 29.2 Å². The molecule has 92 valence electrons. The van der Waals surface area contributed by atoms with E-state index >= 15 is 0 Å². The maximum absolute atomic E-state index is 12.8. The van der Waals surface area contributed by atoms with E-state index in [2.05, 4.69) is 4.98 Å². The number of hydrogen-bond donors (Lipinski definition) is 1. The van der Waals surface area contributed by atoms with Crippen LogP contribution in [0.2, 0.25) is 0 Å². The van der Waals surface area contributed by atoms with Crippen LogP contribution in [-0.2, 0) is 6.18 Å². The van der Waals surface area contributed by atoms with Crippen LogP contribution in [0.25, 0.3) is 0 Å². The Kier molecular flexibility index (Phi) is 2.68. The molecule has 1 N–H and O–H groups in total. The fraction of sp³-hybridized carbons (Fsp3) is 0.400. The molecule has 4 nitrogen and oxygen atoms in total. The lowest BCUT2D eigenvalue weighted by Crippen LogP contribution is -2.17. The van der Waals surface area contributed by atoms with Gasteiger partial charge in [0.25, 0.3) is 0 Å². The number of carboxylic acids is 1. The molecule has 17 heavy (non-hydrogen) atoms. The number of rotatable bonds is 3. The topological polar surface area (TPSA) is 59.4 Å². The molecule has 0 radical (unpaired) electrons. The van der Waals surface area contributed by atoms with Crippen molar-refractivity contribution in [2.75, 3.05) is 0 Å². The molecule has 1 fully saturated rings. The summed E-state index contributed by atoms with van der Waals surface area (Å²) in [6.07, 6.45) is -2.69. The lowest BCUT2D eigenvalue weighted by atomic mass is 10.1. The normalized spacial score (nSPS) is 15.7. The van der Waals surface area contributed by atoms with Gasteiger partial charge in [-0.2, -0.15) is 13.2 Å². The average Bonchev–Trinajstić information content (AvgIpc) is 2.99. The van der Waals surface area contributed by atoms with Crippen molar-refractivity contribution in [3.63, 3.8) is 0 Å². The molecule has 0 spiro atoms. The molecule has 0 saturated heterocycles. The highest BCUT2D eigenvalue weighted by Gasteiger charge is 2.41. The second-order valence-corrected chi connectivity index (χ2v) is 3.65. The molecule has 0 aromatic carbocycles. The Morgan fingerprint density at radius 2 is 2.12 bits per heavy atom. The summed E-state index contributed by atoms with van der Waals surface area (Å²) in [6.45, 7) is 0. The third-order valence-corrected chi connectivity index (χ3v) is 2.22. The zero-order chi connectivity index (χ0) is 12.6. The summed E-state index contributed by atoms with van der Waals surface area (Å²) in [6, 6.07) is 1.04. The number of nitrogens with zero attached hydrogens (tertiary/aromatic N) is 1. The van der Waals surface area contributed by atoms with Gasteiger partial charge in [0.15, 0.2) is 5.69 Å². The first-order valence-corrected chi connectivity index (χ1v) is 4.85. The maximum atomic E-state index is 12.8. The van der Waals surface area contributed by atoms with Crippen LogP contribution in [0.5, 0.6) is 5.75 Å². The number of halogens is 3. The number of carboxylic acid groups (broad SMARTS) is 1. The number of aromatic carboxylic acids is 1. The fourth-order valence-corrected chi connectivity index (χ4v) is 1.34. The van der Waals surface area contributed by atoms with Crippen LogP contribution in [0.3, 0.4) is 0 Å². The summed E-state index contributed by atoms with van der Waals surface area (Å²) < 4.78 is 43.3. The highest BCUT2D eigenvalue weighted by Crippen LogP contribution is 2.40. The van der Waals surface area contributed by atoms with Crippen molar-refractivity contribution in [3.8, 4) is 5.75 Å². The Hall–Kier alpha value is -1.79. The second-order valence-electron chi connectivity index (χ2n) is 3.65. The van der Waals surface area contributed by atoms with Crippen LogP contribution in [0, 0.1) is 0 Å². The van der Waals surface area contributed by atoms with Crippen molar-refractivity contribution in [2.45, 2.75) is 25.1 Å². The molecule has 0 atom stereocenters. The first-order valence-electron chi connectivity index (χ1n) is 4.85. The monoisotopic (exact) mass is 247 g/mol. The van der Waals surface area contributed by atoms with Crippen molar-refractivity contribution >= 4 is 5.97 Å². The largest absolute Gasteiger partial charge is 0.490 e. The van der Waals surface area contributed by atoms with Crippen LogP contribution >= 0.6 is 0 Å². The Morgan fingerprint density at radius 1 is 1.47 bits per heavy atom. The van der Waals surface area contributed by atoms with E-state index in [9.17, 15) is 18.0 Å². The summed E-state index contributed by atoms with van der Waals surface area (Å²) in [5, 5.41) is 8.69. The van der Waals surface area contributed by atoms with E-state index in [0.717, 1.165) is 12.3 Å². The van der Waals surface area contributed by atoms with Gasteiger partial charge in [-0.05, 0) is 18.9 Å². The predicted octanol–water partition coefficient (Wildman–Crippen LogP) is 2.34. The minimum Gasteiger partial charge on any atom is -0.490 e. The molecule has 0 bridgehead atoms. The highest BCUT2D eigenvalue weighted by molar-refractivity contribution is 5.88. The summed E-state index contributed by atoms with van der Waals surface area (Å²) in [5.41, 5.74) is -2.35. The van der Waals surface area contributed by atoms with Gasteiger partial charge in [0.1, 0.15) is 11.3 Å². The Balaban J connectivity index is 2.49. The smallest absolute Gasteiger partial charge is 0.422 e. The summed E-state index contributed by atoms with van der Waals surface area (Å²) in [7, 11) is 0. The molecule has 1 aliphatic rings. The van der Waals surface area contributed by atoms with E-state index in [0.29, 0.717) is 12.8 Å². The van der Waals surface area contributed by atoms with Crippen molar-refractivity contribution in [1.29, 1.82) is 0 Å². The average molecular weight is 247 g/mol. The van der Waals surface area contributed by atoms with Crippen LogP contribution in [0.15, 0.2) is 12.3 Å². The van der Waals surface area contributed by atoms with Gasteiger partial charge in [0.05, 0.1) is 6.10 Å². The third-order valence-electron chi connectivity index (χ3n) is 2.22. The van der Waals surface area contributed by atoms with Crippen LogP contribution in [0.4, 0.5) is 13.2 Å². The number of carbonyl (C=O) groups is 1. The quantitative estimate of drug-likeness (QED) is 0.890. The van der Waals surface area contributed by atoms with Gasteiger partial charge in [-0.3, -0.25) is 0 Å². The van der Waals surface area contributed by atoms with E-state index in [-0.39, 0.29) is 6.10 Å². The van der Waals surface area contributed by atoms with Crippen molar-refractivity contribution in [1.82, 2.24) is 4.98 Å². The standard InChI is InChI=1S/C10H8F3NO3/c11-10(12,13)7-6(17-5-1-2-5)3-4-14-8(7)9(15)16/h3-5H,1-2H2,(H,15,16). The highest BCUT2D eigenvalue weighted by atomic mass is 19.4. The molecule has 1 aliphatic carbocycles. The van der Waals surface area contributed by atoms with Gasteiger partial charge in [-0.15, -0.1) is 0 Å². The van der Waals surface area contributed by atoms with Gasteiger partial charge in [0, 0.05) is 6.20 Å². The zero-order valence-electron chi connectivity index (χ0n) is 8.49. The minimum atomic E-state index is -4.80. The lowest BCUT2D eigenvalue weighted by molar-refractivity contribution is -0.139. The molecular formula is C10H8F3NO3. The maximum Gasteiger partial charge on any atom is 0.422 e. The second kappa shape index (κ2) is 3.90. The van der Waals surface area contributed by atoms with E-state index in [1.54, 1.807) is 0 Å². The Bertz CT molecular complexity index is 455. The van der Waals surface area contributed by atoms with Crippen LogP contribution < -0.4 is 4.74 Å². The van der Waals surface area contributed by atoms with Gasteiger partial charge < -0.3 is 9.84 Å². The summed E-state index contributed by atoms with van der Waals surface area (Å²) >= 11 is 0. The predicted molar refractivity (Wildman–Crippen MR) is 49.8 cm³/mol. The van der Waals surface area contributed by atoms with Crippen LogP contribution in [0.1, 0.15) is 28.9 Å². The molecule has 1 aromatic heterocycles. The molecule has 1 heterocycles. The summed E-state index contributed by atoms with van der Waals surface area (Å²) in [4.78, 5) is 13.9. The molecule has 7 heteroatoms. The third kappa shape index (κ3) is 2.48. The number of pyridine rings is 1. The van der Waals surface area contributed by atoms with Gasteiger partial charge in [-0.25, -0.2) is 9.78 Å². The van der Waals surface area contributed by atoms with E-state index in [4.69, 9.17) is 9.84 Å². The number of ether oxygens (including phenoxy) is 1. The van der Waals surface area contributed by atoms with E-state index in [1.165, 1.54) is 0 Å². The number of hydrogen-bond acceptors (Lipinski definition) is 3. The summed E-state index contributed by atoms with van der Waals surface area (Å²) in [5.74, 6) is -2.19. The van der Waals surface area contributed by atoms with Crippen molar-refractivity contribution in [3.05, 3.63) is 23.5 Å². The van der Waals surface area contributed by atoms with E-state index in [1.807, 2.05) is 0 Å². The molecule has 0 aliphatic heterocycles. The minimum absolute atomic E-state index is 0.250. The lowest BCUT2D eigenvalue weighted by Gasteiger charge is -2.14. The molecule has 0 unspecified atom stereocenters. The SMILES string of the molecule is O=C(O)c1nccc(OC2CC2)c1C(F)(F)F. The number of aromatic nitrogens is 1. The van der Waals surface area contributed by atoms with Crippen molar-refractivity contribution in [2.24, 2.45) is 0 Å². The first kappa shape index (κ1) is 11.7. The molecule has 1 aromatic rings. The molecule has 0 amide bonds. The Labute approximate surface area is 94.0 Å². The molecular weight excluding hydrogens is 239 g/mol. The van der Waals surface area contributed by atoms with Gasteiger partial charge >= 0.3 is 12.1 Å². The first-order chi connectivity index (χ1) is 7.89. The van der Waals surface area contributed by atoms with Crippen molar-refractivity contribution < 1.29 is 27.8 Å². The Morgan fingerprint density at radius 3 is 2.59 bits per heavy atom. The molecule has 1 saturated carbocycles. The van der Waals surface area contributed by atoms with Gasteiger partial charge in [0.2, 0.25) is 0 Å². The molecule has 2 rings (SSSR count). The fourth-order valence-electron chi connectivity index (χ4n) is 1.34. The zero-order valence-corrected chi connectivity index (χ0v) is 8.49. The van der Waals surface area contributed by atoms with Crippen LogP contribution in [-0.4, -0.2) is 22.2 Å². The number of alkyl halides is 3.